The number of piperazine rings is 1. The number of rotatable bonds is 3. The fourth-order valence-electron chi connectivity index (χ4n) is 2.58. The second-order valence-corrected chi connectivity index (χ2v) is 5.57. The van der Waals surface area contributed by atoms with Gasteiger partial charge in [-0.3, -0.25) is 0 Å². The molecule has 0 saturated carbocycles. The van der Waals surface area contributed by atoms with Crippen LogP contribution in [0.3, 0.4) is 0 Å². The molecule has 0 bridgehead atoms. The van der Waals surface area contributed by atoms with Crippen molar-refractivity contribution in [2.75, 3.05) is 31.1 Å². The van der Waals surface area contributed by atoms with E-state index in [1.807, 2.05) is 6.07 Å². The van der Waals surface area contributed by atoms with Crippen LogP contribution in [-0.4, -0.2) is 31.2 Å². The summed E-state index contributed by atoms with van der Waals surface area (Å²) in [6.45, 7) is 8.51. The highest BCUT2D eigenvalue weighted by atomic mass is 16.3. The van der Waals surface area contributed by atoms with Crippen molar-refractivity contribution < 1.29 is 4.42 Å². The van der Waals surface area contributed by atoms with Crippen molar-refractivity contribution in [3.05, 3.63) is 24.1 Å². The Kier molecular flexibility index (Phi) is 3.42. The Morgan fingerprint density at radius 3 is 2.84 bits per heavy atom. The Balaban J connectivity index is 1.97. The molecule has 102 valence electrons. The summed E-state index contributed by atoms with van der Waals surface area (Å²) in [6.07, 6.45) is 0.898. The fraction of sp³-hybridized carbons (Fsp3) is 0.533. The van der Waals surface area contributed by atoms with Crippen LogP contribution in [0, 0.1) is 5.92 Å². The molecule has 1 aliphatic rings. The molecule has 4 nitrogen and oxygen atoms in total. The van der Waals surface area contributed by atoms with Crippen LogP contribution in [0.5, 0.6) is 0 Å². The third-order valence-electron chi connectivity index (χ3n) is 3.48. The van der Waals surface area contributed by atoms with Gasteiger partial charge in [0.1, 0.15) is 5.52 Å². The lowest BCUT2D eigenvalue weighted by Gasteiger charge is -2.29. The average Bonchev–Trinajstić information content (AvgIpc) is 2.80. The molecule has 1 aliphatic heterocycles. The predicted octanol–water partition coefficient (Wildman–Crippen LogP) is 2.44. The average molecular weight is 259 g/mol. The normalized spacial score (nSPS) is 16.5. The molecular weight excluding hydrogens is 238 g/mol. The van der Waals surface area contributed by atoms with Gasteiger partial charge in [-0.05, 0) is 18.1 Å². The van der Waals surface area contributed by atoms with Crippen molar-refractivity contribution in [1.29, 1.82) is 0 Å². The van der Waals surface area contributed by atoms with E-state index in [0.717, 1.165) is 49.6 Å². The quantitative estimate of drug-likeness (QED) is 0.919. The van der Waals surface area contributed by atoms with Crippen LogP contribution in [0.2, 0.25) is 0 Å². The van der Waals surface area contributed by atoms with Crippen LogP contribution in [-0.2, 0) is 6.42 Å². The number of fused-ring (bicyclic) bond motifs is 1. The van der Waals surface area contributed by atoms with Crippen LogP contribution in [0.1, 0.15) is 19.7 Å². The van der Waals surface area contributed by atoms with Crippen molar-refractivity contribution >= 4 is 16.8 Å². The summed E-state index contributed by atoms with van der Waals surface area (Å²) in [5.74, 6) is 1.42. The first-order chi connectivity index (χ1) is 9.24. The van der Waals surface area contributed by atoms with E-state index in [4.69, 9.17) is 9.40 Å². The van der Waals surface area contributed by atoms with Crippen LogP contribution in [0.15, 0.2) is 22.6 Å². The summed E-state index contributed by atoms with van der Waals surface area (Å²) in [5.41, 5.74) is 3.13. The van der Waals surface area contributed by atoms with E-state index in [0.29, 0.717) is 5.92 Å². The number of hydrogen-bond donors (Lipinski definition) is 1. The van der Waals surface area contributed by atoms with Crippen LogP contribution >= 0.6 is 0 Å². The van der Waals surface area contributed by atoms with Gasteiger partial charge in [-0.2, -0.15) is 0 Å². The standard InChI is InChI=1S/C15H21N3O/c1-11(2)10-14-17-15-12(4-3-5-13(15)19-14)18-8-6-16-7-9-18/h3-5,11,16H,6-10H2,1-2H3. The largest absolute Gasteiger partial charge is 0.441 e. The number of nitrogens with zero attached hydrogens (tertiary/aromatic N) is 2. The zero-order valence-corrected chi connectivity index (χ0v) is 11.6. The van der Waals surface area contributed by atoms with Crippen molar-refractivity contribution in [2.24, 2.45) is 5.92 Å². The monoisotopic (exact) mass is 259 g/mol. The highest BCUT2D eigenvalue weighted by Gasteiger charge is 2.17. The maximum absolute atomic E-state index is 5.86. The van der Waals surface area contributed by atoms with Gasteiger partial charge in [-0.15, -0.1) is 0 Å². The van der Waals surface area contributed by atoms with E-state index < -0.39 is 0 Å². The Morgan fingerprint density at radius 1 is 1.32 bits per heavy atom. The summed E-state index contributed by atoms with van der Waals surface area (Å²) >= 11 is 0. The van der Waals surface area contributed by atoms with E-state index in [1.165, 1.54) is 5.69 Å². The zero-order chi connectivity index (χ0) is 13.2. The van der Waals surface area contributed by atoms with Gasteiger partial charge in [0.05, 0.1) is 5.69 Å². The molecular formula is C15H21N3O. The molecule has 2 aromatic rings. The van der Waals surface area contributed by atoms with Crippen molar-refractivity contribution in [3.8, 4) is 0 Å². The molecule has 0 radical (unpaired) electrons. The van der Waals surface area contributed by atoms with Crippen molar-refractivity contribution in [2.45, 2.75) is 20.3 Å². The minimum absolute atomic E-state index is 0.565. The Bertz CT molecular complexity index is 556. The van der Waals surface area contributed by atoms with Gasteiger partial charge >= 0.3 is 0 Å². The number of aromatic nitrogens is 1. The molecule has 0 spiro atoms. The van der Waals surface area contributed by atoms with Crippen molar-refractivity contribution in [3.63, 3.8) is 0 Å². The number of anilines is 1. The molecule has 1 aromatic heterocycles. The molecule has 1 aromatic carbocycles. The summed E-state index contributed by atoms with van der Waals surface area (Å²) in [5, 5.41) is 3.38. The molecule has 2 heterocycles. The smallest absolute Gasteiger partial charge is 0.195 e. The first kappa shape index (κ1) is 12.5. The van der Waals surface area contributed by atoms with Crippen molar-refractivity contribution in [1.82, 2.24) is 10.3 Å². The molecule has 1 saturated heterocycles. The maximum Gasteiger partial charge on any atom is 0.195 e. The van der Waals surface area contributed by atoms with Gasteiger partial charge in [0, 0.05) is 32.6 Å². The third kappa shape index (κ3) is 2.59. The van der Waals surface area contributed by atoms with E-state index in [-0.39, 0.29) is 0 Å². The first-order valence-corrected chi connectivity index (χ1v) is 7.08. The number of para-hydroxylation sites is 1. The van der Waals surface area contributed by atoms with E-state index in [9.17, 15) is 0 Å². The topological polar surface area (TPSA) is 41.3 Å². The van der Waals surface area contributed by atoms with Crippen LogP contribution < -0.4 is 10.2 Å². The maximum atomic E-state index is 5.86. The highest BCUT2D eigenvalue weighted by Crippen LogP contribution is 2.27. The lowest BCUT2D eigenvalue weighted by molar-refractivity contribution is 0.482. The predicted molar refractivity (Wildman–Crippen MR) is 77.6 cm³/mol. The van der Waals surface area contributed by atoms with Gasteiger partial charge in [-0.1, -0.05) is 19.9 Å². The molecule has 4 heteroatoms. The van der Waals surface area contributed by atoms with Gasteiger partial charge in [-0.25, -0.2) is 4.98 Å². The SMILES string of the molecule is CC(C)Cc1nc2c(N3CCNCC3)cccc2o1. The van der Waals surface area contributed by atoms with E-state index in [2.05, 4.69) is 36.2 Å². The number of oxazole rings is 1. The molecule has 0 amide bonds. The second kappa shape index (κ2) is 5.21. The molecule has 19 heavy (non-hydrogen) atoms. The van der Waals surface area contributed by atoms with E-state index >= 15 is 0 Å². The summed E-state index contributed by atoms with van der Waals surface area (Å²) in [4.78, 5) is 7.09. The summed E-state index contributed by atoms with van der Waals surface area (Å²) < 4.78 is 5.86. The lowest BCUT2D eigenvalue weighted by atomic mass is 10.1. The second-order valence-electron chi connectivity index (χ2n) is 5.57. The molecule has 1 fully saturated rings. The lowest BCUT2D eigenvalue weighted by Crippen LogP contribution is -2.43. The van der Waals surface area contributed by atoms with Gasteiger partial charge in [0.15, 0.2) is 11.5 Å². The Labute approximate surface area is 113 Å². The van der Waals surface area contributed by atoms with Crippen LogP contribution in [0.4, 0.5) is 5.69 Å². The molecule has 0 unspecified atom stereocenters. The fourth-order valence-corrected chi connectivity index (χ4v) is 2.58. The number of benzene rings is 1. The summed E-state index contributed by atoms with van der Waals surface area (Å²) in [6, 6.07) is 6.22. The Morgan fingerprint density at radius 2 is 2.11 bits per heavy atom. The molecule has 3 rings (SSSR count). The van der Waals surface area contributed by atoms with Gasteiger partial charge in [0.25, 0.3) is 0 Å². The molecule has 0 atom stereocenters. The third-order valence-corrected chi connectivity index (χ3v) is 3.48. The van der Waals surface area contributed by atoms with E-state index in [1.54, 1.807) is 0 Å². The van der Waals surface area contributed by atoms with Crippen LogP contribution in [0.25, 0.3) is 11.1 Å². The zero-order valence-electron chi connectivity index (χ0n) is 11.6. The Hall–Kier alpha value is -1.55. The highest BCUT2D eigenvalue weighted by molar-refractivity contribution is 5.87. The van der Waals surface area contributed by atoms with Gasteiger partial charge in [0.2, 0.25) is 0 Å². The molecule has 0 aliphatic carbocycles. The van der Waals surface area contributed by atoms with Gasteiger partial charge < -0.3 is 14.6 Å². The number of hydrogen-bond acceptors (Lipinski definition) is 4. The minimum atomic E-state index is 0.565. The first-order valence-electron chi connectivity index (χ1n) is 7.08. The summed E-state index contributed by atoms with van der Waals surface area (Å²) in [7, 11) is 0. The number of nitrogens with one attached hydrogen (secondary N) is 1. The molecule has 1 N–H and O–H groups in total. The minimum Gasteiger partial charge on any atom is -0.441 e.